The number of nitrogens with one attached hydrogen (secondary N) is 1. The number of ether oxygens (including phenoxy) is 1. The summed E-state index contributed by atoms with van der Waals surface area (Å²) in [5.74, 6) is -0.990. The fourth-order valence-corrected chi connectivity index (χ4v) is 0.533. The first kappa shape index (κ1) is 11.4. The van der Waals surface area contributed by atoms with E-state index in [1.807, 2.05) is 0 Å². The van der Waals surface area contributed by atoms with Crippen molar-refractivity contribution in [1.82, 2.24) is 5.32 Å². The smallest absolute Gasteiger partial charge is 0.333 e. The molecule has 1 atom stereocenters. The molecule has 0 aromatic carbocycles. The molecule has 0 saturated heterocycles. The summed E-state index contributed by atoms with van der Waals surface area (Å²) in [6, 6.07) is 0. The zero-order valence-electron chi connectivity index (χ0n) is 7.79. The van der Waals surface area contributed by atoms with Crippen LogP contribution in [0.4, 0.5) is 0 Å². The van der Waals surface area contributed by atoms with Crippen LogP contribution in [-0.2, 0) is 14.3 Å². The quantitative estimate of drug-likeness (QED) is 0.517. The fourth-order valence-electron chi connectivity index (χ4n) is 0.533. The summed E-state index contributed by atoms with van der Waals surface area (Å²) in [5.41, 5.74) is 0.262. The molecule has 1 unspecified atom stereocenters. The maximum Gasteiger partial charge on any atom is 0.333 e. The molecule has 0 rings (SSSR count). The van der Waals surface area contributed by atoms with E-state index in [1.165, 1.54) is 20.0 Å². The Bertz CT molecular complexity index is 245. The highest BCUT2D eigenvalue weighted by Crippen LogP contribution is 1.97. The van der Waals surface area contributed by atoms with Gasteiger partial charge in [-0.2, -0.15) is 0 Å². The van der Waals surface area contributed by atoms with E-state index < -0.39 is 18.0 Å². The average molecular weight is 183 g/mol. The van der Waals surface area contributed by atoms with Crippen LogP contribution in [0.5, 0.6) is 0 Å². The molecule has 0 aliphatic rings. The van der Waals surface area contributed by atoms with Crippen molar-refractivity contribution in [3.63, 3.8) is 0 Å². The number of carbonyl (C=O) groups is 2. The second-order valence-electron chi connectivity index (χ2n) is 2.54. The minimum atomic E-state index is -0.831. The van der Waals surface area contributed by atoms with Gasteiger partial charge in [0.25, 0.3) is 5.91 Å². The zero-order valence-corrected chi connectivity index (χ0v) is 7.79. The molecular weight excluding hydrogens is 170 g/mol. The Labute approximate surface area is 77.3 Å². The molecule has 0 bridgehead atoms. The van der Waals surface area contributed by atoms with Crippen LogP contribution < -0.4 is 5.32 Å². The highest BCUT2D eigenvalue weighted by atomic mass is 16.5. The summed E-state index contributed by atoms with van der Waals surface area (Å²) in [6.07, 6.45) is 0.398. The van der Waals surface area contributed by atoms with Gasteiger partial charge in [-0.25, -0.2) is 4.79 Å². The average Bonchev–Trinajstić information content (AvgIpc) is 2.04. The van der Waals surface area contributed by atoms with E-state index in [-0.39, 0.29) is 5.57 Å². The summed E-state index contributed by atoms with van der Waals surface area (Å²) in [4.78, 5) is 21.9. The third-order valence-corrected chi connectivity index (χ3v) is 1.25. The van der Waals surface area contributed by atoms with Gasteiger partial charge in [-0.3, -0.25) is 4.79 Å². The van der Waals surface area contributed by atoms with Gasteiger partial charge in [0.15, 0.2) is 6.10 Å². The summed E-state index contributed by atoms with van der Waals surface area (Å²) in [7, 11) is 0. The van der Waals surface area contributed by atoms with Gasteiger partial charge >= 0.3 is 5.97 Å². The lowest BCUT2D eigenvalue weighted by Gasteiger charge is -2.11. The Morgan fingerprint density at radius 2 is 2.08 bits per heavy atom. The van der Waals surface area contributed by atoms with Gasteiger partial charge in [-0.1, -0.05) is 13.2 Å². The zero-order chi connectivity index (χ0) is 10.4. The maximum absolute atomic E-state index is 11.0. The lowest BCUT2D eigenvalue weighted by molar-refractivity contribution is -0.150. The van der Waals surface area contributed by atoms with Crippen molar-refractivity contribution in [2.75, 3.05) is 0 Å². The fraction of sp³-hybridized carbons (Fsp3) is 0.333. The Kier molecular flexibility index (Phi) is 4.51. The molecule has 1 amide bonds. The number of hydrogen-bond donors (Lipinski definition) is 1. The number of rotatable bonds is 4. The first-order valence-corrected chi connectivity index (χ1v) is 3.76. The first-order valence-electron chi connectivity index (χ1n) is 3.76. The number of esters is 1. The number of carbonyl (C=O) groups excluding carboxylic acids is 2. The van der Waals surface area contributed by atoms with Crippen LogP contribution >= 0.6 is 0 Å². The molecule has 0 aliphatic carbocycles. The molecule has 0 aromatic rings. The van der Waals surface area contributed by atoms with Crippen molar-refractivity contribution in [3.05, 3.63) is 24.9 Å². The van der Waals surface area contributed by atoms with Crippen molar-refractivity contribution in [2.24, 2.45) is 0 Å². The van der Waals surface area contributed by atoms with Gasteiger partial charge in [0.1, 0.15) is 0 Å². The molecule has 4 nitrogen and oxygen atoms in total. The molecule has 72 valence electrons. The molecule has 1 N–H and O–H groups in total. The van der Waals surface area contributed by atoms with E-state index in [0.29, 0.717) is 0 Å². The molecule has 0 fully saturated rings. The topological polar surface area (TPSA) is 55.4 Å². The van der Waals surface area contributed by atoms with E-state index in [9.17, 15) is 9.59 Å². The predicted molar refractivity (Wildman–Crippen MR) is 48.7 cm³/mol. The van der Waals surface area contributed by atoms with E-state index in [1.54, 1.807) is 0 Å². The van der Waals surface area contributed by atoms with Gasteiger partial charge in [0, 0.05) is 5.57 Å². The second kappa shape index (κ2) is 5.13. The van der Waals surface area contributed by atoms with E-state index in [0.717, 1.165) is 0 Å². The van der Waals surface area contributed by atoms with Crippen molar-refractivity contribution in [1.29, 1.82) is 0 Å². The summed E-state index contributed by atoms with van der Waals surface area (Å²) >= 11 is 0. The lowest BCUT2D eigenvalue weighted by atomic mass is 10.3. The second-order valence-corrected chi connectivity index (χ2v) is 2.54. The third kappa shape index (κ3) is 4.10. The van der Waals surface area contributed by atoms with E-state index in [4.69, 9.17) is 4.74 Å². The SMILES string of the molecule is C=CNC(=O)C(C)OC(=O)C(=C)C. The Balaban J connectivity index is 4.06. The number of amides is 1. The molecule has 4 heteroatoms. The monoisotopic (exact) mass is 183 g/mol. The normalized spacial score (nSPS) is 11.2. The van der Waals surface area contributed by atoms with Gasteiger partial charge in [-0.05, 0) is 20.0 Å². The largest absolute Gasteiger partial charge is 0.449 e. The van der Waals surface area contributed by atoms with Crippen molar-refractivity contribution in [2.45, 2.75) is 20.0 Å². The molecule has 0 aliphatic heterocycles. The molecule has 0 radical (unpaired) electrons. The highest BCUT2D eigenvalue weighted by Gasteiger charge is 2.16. The van der Waals surface area contributed by atoms with Gasteiger partial charge in [0.05, 0.1) is 0 Å². The highest BCUT2D eigenvalue weighted by molar-refractivity contribution is 5.90. The predicted octanol–water partition coefficient (Wildman–Crippen LogP) is 0.754. The van der Waals surface area contributed by atoms with Gasteiger partial charge < -0.3 is 10.1 Å². The minimum absolute atomic E-state index is 0.262. The van der Waals surface area contributed by atoms with Gasteiger partial charge in [0.2, 0.25) is 0 Å². The summed E-state index contributed by atoms with van der Waals surface area (Å²) < 4.78 is 4.73. The molecule has 0 spiro atoms. The van der Waals surface area contributed by atoms with Crippen LogP contribution in [-0.4, -0.2) is 18.0 Å². The van der Waals surface area contributed by atoms with E-state index in [2.05, 4.69) is 18.5 Å². The van der Waals surface area contributed by atoms with Crippen LogP contribution in [0.15, 0.2) is 24.9 Å². The van der Waals surface area contributed by atoms with Crippen molar-refractivity contribution in [3.8, 4) is 0 Å². The molecular formula is C9H13NO3. The molecule has 13 heavy (non-hydrogen) atoms. The van der Waals surface area contributed by atoms with Crippen molar-refractivity contribution >= 4 is 11.9 Å². The Morgan fingerprint density at radius 1 is 1.54 bits per heavy atom. The minimum Gasteiger partial charge on any atom is -0.449 e. The molecule has 0 aromatic heterocycles. The summed E-state index contributed by atoms with van der Waals surface area (Å²) in [5, 5.41) is 2.31. The summed E-state index contributed by atoms with van der Waals surface area (Å²) in [6.45, 7) is 9.68. The maximum atomic E-state index is 11.0. The molecule has 0 heterocycles. The van der Waals surface area contributed by atoms with Gasteiger partial charge in [-0.15, -0.1) is 0 Å². The molecule has 0 saturated carbocycles. The van der Waals surface area contributed by atoms with Crippen LogP contribution in [0.2, 0.25) is 0 Å². The van der Waals surface area contributed by atoms with Crippen molar-refractivity contribution < 1.29 is 14.3 Å². The Morgan fingerprint density at radius 3 is 2.46 bits per heavy atom. The standard InChI is InChI=1S/C9H13NO3/c1-5-10-8(11)7(4)13-9(12)6(2)3/h5,7H,1-2H2,3-4H3,(H,10,11). The third-order valence-electron chi connectivity index (χ3n) is 1.25. The van der Waals surface area contributed by atoms with Crippen LogP contribution in [0, 0.1) is 0 Å². The van der Waals surface area contributed by atoms with Crippen LogP contribution in [0.3, 0.4) is 0 Å². The Hall–Kier alpha value is -1.58. The van der Waals surface area contributed by atoms with Crippen LogP contribution in [0.25, 0.3) is 0 Å². The lowest BCUT2D eigenvalue weighted by Crippen LogP contribution is -2.32. The number of hydrogen-bond acceptors (Lipinski definition) is 3. The van der Waals surface area contributed by atoms with Crippen LogP contribution in [0.1, 0.15) is 13.8 Å². The van der Waals surface area contributed by atoms with E-state index >= 15 is 0 Å². The first-order chi connectivity index (χ1) is 5.99.